The molecule has 0 bridgehead atoms. The van der Waals surface area contributed by atoms with Crippen LogP contribution in [0.2, 0.25) is 0 Å². The Balaban J connectivity index is 3.69. The van der Waals surface area contributed by atoms with Crippen molar-refractivity contribution >= 4 is 11.9 Å². The molecule has 0 fully saturated rings. The van der Waals surface area contributed by atoms with Gasteiger partial charge in [0, 0.05) is 12.8 Å². The number of unbranched alkanes of at least 4 members (excludes halogenated alkanes) is 10. The highest BCUT2D eigenvalue weighted by molar-refractivity contribution is 5.69. The van der Waals surface area contributed by atoms with Crippen LogP contribution in [-0.2, 0) is 19.1 Å². The van der Waals surface area contributed by atoms with Crippen LogP contribution in [0.1, 0.15) is 123 Å². The molecule has 0 heterocycles. The number of rotatable bonds is 26. The van der Waals surface area contributed by atoms with Crippen molar-refractivity contribution in [3.05, 3.63) is 48.6 Å². The Kier molecular flexibility index (Phi) is 27.2. The Morgan fingerprint density at radius 1 is 0.641 bits per heavy atom. The second-order valence-electron chi connectivity index (χ2n) is 10.1. The van der Waals surface area contributed by atoms with E-state index < -0.39 is 12.2 Å². The molecular formula is C33H56O6. The molecule has 0 saturated carbocycles. The van der Waals surface area contributed by atoms with Gasteiger partial charge in [-0.05, 0) is 44.9 Å². The highest BCUT2D eigenvalue weighted by Gasteiger charge is 2.11. The van der Waals surface area contributed by atoms with E-state index in [1.165, 1.54) is 44.9 Å². The van der Waals surface area contributed by atoms with Gasteiger partial charge in [0.25, 0.3) is 0 Å². The zero-order valence-electron chi connectivity index (χ0n) is 24.7. The largest absolute Gasteiger partial charge is 0.463 e. The molecule has 0 spiro atoms. The minimum atomic E-state index is -1.00. The Bertz CT molecular complexity index is 694. The van der Waals surface area contributed by atoms with E-state index in [0.717, 1.165) is 38.5 Å². The van der Waals surface area contributed by atoms with Crippen molar-refractivity contribution in [2.24, 2.45) is 0 Å². The molecule has 0 aromatic carbocycles. The molecule has 2 atom stereocenters. The molecule has 0 radical (unpaired) electrons. The van der Waals surface area contributed by atoms with E-state index in [-0.39, 0.29) is 31.6 Å². The number of hydrogen-bond acceptors (Lipinski definition) is 6. The maximum atomic E-state index is 11.8. The summed E-state index contributed by atoms with van der Waals surface area (Å²) in [5.74, 6) is -0.681. The van der Waals surface area contributed by atoms with Crippen LogP contribution in [0.4, 0.5) is 0 Å². The quantitative estimate of drug-likeness (QED) is 0.0498. The summed E-state index contributed by atoms with van der Waals surface area (Å²) in [6, 6.07) is 0. The van der Waals surface area contributed by atoms with Crippen molar-refractivity contribution in [3.63, 3.8) is 0 Å². The topological polar surface area (TPSA) is 93.1 Å². The summed E-state index contributed by atoms with van der Waals surface area (Å²) in [7, 11) is 0. The molecule has 0 aliphatic rings. The van der Waals surface area contributed by atoms with Gasteiger partial charge in [-0.15, -0.1) is 0 Å². The third-order valence-corrected chi connectivity index (χ3v) is 6.15. The first kappa shape index (κ1) is 36.8. The van der Waals surface area contributed by atoms with Crippen LogP contribution in [0.3, 0.4) is 0 Å². The molecule has 2 N–H and O–H groups in total. The number of ether oxygens (including phenoxy) is 2. The molecular weight excluding hydrogens is 492 g/mol. The normalized spacial score (nSPS) is 13.6. The molecule has 0 aliphatic heterocycles. The molecule has 0 amide bonds. The molecule has 6 nitrogen and oxygen atoms in total. The van der Waals surface area contributed by atoms with Gasteiger partial charge in [0.05, 0.1) is 6.10 Å². The average molecular weight is 549 g/mol. The van der Waals surface area contributed by atoms with Crippen molar-refractivity contribution in [2.75, 3.05) is 13.2 Å². The average Bonchev–Trinajstić information content (AvgIpc) is 2.93. The Labute approximate surface area is 238 Å². The minimum Gasteiger partial charge on any atom is -0.463 e. The molecule has 0 saturated heterocycles. The second kappa shape index (κ2) is 28.8. The predicted octanol–water partition coefficient (Wildman–Crippen LogP) is 7.69. The monoisotopic (exact) mass is 548 g/mol. The van der Waals surface area contributed by atoms with E-state index in [0.29, 0.717) is 19.3 Å². The van der Waals surface area contributed by atoms with Gasteiger partial charge >= 0.3 is 11.9 Å². The number of hydrogen-bond donors (Lipinski definition) is 2. The van der Waals surface area contributed by atoms with E-state index in [4.69, 9.17) is 9.47 Å². The maximum absolute atomic E-state index is 11.8. The number of carbonyl (C=O) groups excluding carboxylic acids is 2. The van der Waals surface area contributed by atoms with Gasteiger partial charge in [0.15, 0.2) is 0 Å². The zero-order valence-corrected chi connectivity index (χ0v) is 24.7. The summed E-state index contributed by atoms with van der Waals surface area (Å²) in [6.07, 6.45) is 30.6. The fourth-order valence-electron chi connectivity index (χ4n) is 3.74. The van der Waals surface area contributed by atoms with Gasteiger partial charge in [-0.2, -0.15) is 0 Å². The van der Waals surface area contributed by atoms with Crippen molar-refractivity contribution < 1.29 is 29.3 Å². The van der Waals surface area contributed by atoms with E-state index in [2.05, 4.69) is 19.9 Å². The van der Waals surface area contributed by atoms with Crippen molar-refractivity contribution in [2.45, 2.75) is 135 Å². The lowest BCUT2D eigenvalue weighted by atomic mass is 10.1. The number of esters is 2. The fraction of sp³-hybridized carbons (Fsp3) is 0.697. The van der Waals surface area contributed by atoms with E-state index in [1.54, 1.807) is 6.08 Å². The molecule has 6 heteroatoms. The molecule has 0 rings (SSSR count). The summed E-state index contributed by atoms with van der Waals surface area (Å²) in [4.78, 5) is 23.6. The smallest absolute Gasteiger partial charge is 0.305 e. The summed E-state index contributed by atoms with van der Waals surface area (Å²) in [5.41, 5.74) is 0. The molecule has 0 aromatic rings. The van der Waals surface area contributed by atoms with Crippen LogP contribution in [0.5, 0.6) is 0 Å². The Morgan fingerprint density at radius 2 is 1.21 bits per heavy atom. The lowest BCUT2D eigenvalue weighted by Crippen LogP contribution is -2.25. The van der Waals surface area contributed by atoms with Crippen LogP contribution in [0.25, 0.3) is 0 Å². The molecule has 0 aliphatic carbocycles. The highest BCUT2D eigenvalue weighted by Crippen LogP contribution is 2.09. The van der Waals surface area contributed by atoms with Crippen LogP contribution < -0.4 is 0 Å². The van der Waals surface area contributed by atoms with Crippen molar-refractivity contribution in [3.8, 4) is 0 Å². The van der Waals surface area contributed by atoms with Crippen molar-refractivity contribution in [1.29, 1.82) is 0 Å². The zero-order chi connectivity index (χ0) is 28.8. The van der Waals surface area contributed by atoms with Gasteiger partial charge in [-0.3, -0.25) is 9.59 Å². The van der Waals surface area contributed by atoms with Gasteiger partial charge in [-0.1, -0.05) is 114 Å². The molecule has 224 valence electrons. The first-order chi connectivity index (χ1) is 19.0. The number of allylic oxidation sites excluding steroid dienone is 6. The molecule has 0 unspecified atom stereocenters. The maximum Gasteiger partial charge on any atom is 0.305 e. The van der Waals surface area contributed by atoms with Gasteiger partial charge < -0.3 is 19.7 Å². The van der Waals surface area contributed by atoms with Gasteiger partial charge in [0.1, 0.15) is 19.3 Å². The Morgan fingerprint density at radius 3 is 1.90 bits per heavy atom. The van der Waals surface area contributed by atoms with E-state index >= 15 is 0 Å². The number of carbonyl (C=O) groups is 2. The summed E-state index contributed by atoms with van der Waals surface area (Å²) in [6.45, 7) is 4.07. The SMILES string of the molecule is CCCCC/C=C\C=C/[C@@H](O)C/C=C\C/C=C/CCCC(=O)OC[C@H](O)COC(=O)CCCCCCCCC. The number of aliphatic hydroxyl groups excluding tert-OH is 2. The van der Waals surface area contributed by atoms with Crippen LogP contribution in [0.15, 0.2) is 48.6 Å². The highest BCUT2D eigenvalue weighted by atomic mass is 16.6. The summed E-state index contributed by atoms with van der Waals surface area (Å²) >= 11 is 0. The Hall–Kier alpha value is -2.18. The van der Waals surface area contributed by atoms with E-state index in [9.17, 15) is 19.8 Å². The third kappa shape index (κ3) is 28.6. The van der Waals surface area contributed by atoms with Crippen molar-refractivity contribution in [1.82, 2.24) is 0 Å². The number of aliphatic hydroxyl groups is 2. The van der Waals surface area contributed by atoms with Crippen LogP contribution >= 0.6 is 0 Å². The predicted molar refractivity (Wildman–Crippen MR) is 160 cm³/mol. The first-order valence-corrected chi connectivity index (χ1v) is 15.3. The van der Waals surface area contributed by atoms with Gasteiger partial charge in [-0.25, -0.2) is 0 Å². The second-order valence-corrected chi connectivity index (χ2v) is 10.1. The molecule has 0 aromatic heterocycles. The van der Waals surface area contributed by atoms with Crippen LogP contribution in [0, 0.1) is 0 Å². The fourth-order valence-corrected chi connectivity index (χ4v) is 3.74. The minimum absolute atomic E-state index is 0.150. The summed E-state index contributed by atoms with van der Waals surface area (Å²) < 4.78 is 10.1. The lowest BCUT2D eigenvalue weighted by Gasteiger charge is -2.12. The van der Waals surface area contributed by atoms with E-state index in [1.807, 2.05) is 36.5 Å². The standard InChI is InChI=1S/C33H56O6/c1-3-5-7-9-12-16-20-24-30(34)25-21-17-14-11-15-19-23-27-33(37)39-29-31(35)28-38-32(36)26-22-18-13-10-8-6-4-2/h11-12,15-17,20-21,24,30-31,34-35H,3-10,13-14,18-19,22-23,25-29H2,1-2H3/b15-11+,16-12-,21-17-,24-20-/t30-,31-/m1/s1. The molecule has 39 heavy (non-hydrogen) atoms. The third-order valence-electron chi connectivity index (χ3n) is 6.15. The van der Waals surface area contributed by atoms with Crippen LogP contribution in [-0.4, -0.2) is 47.6 Å². The lowest BCUT2D eigenvalue weighted by molar-refractivity contribution is -0.152. The van der Waals surface area contributed by atoms with Gasteiger partial charge in [0.2, 0.25) is 0 Å². The summed E-state index contributed by atoms with van der Waals surface area (Å²) in [5, 5.41) is 19.8. The first-order valence-electron chi connectivity index (χ1n) is 15.3.